The highest BCUT2D eigenvalue weighted by molar-refractivity contribution is 5.98. The quantitative estimate of drug-likeness (QED) is 0.269. The van der Waals surface area contributed by atoms with Gasteiger partial charge in [-0.25, -0.2) is 14.4 Å². The molecule has 0 saturated heterocycles. The summed E-state index contributed by atoms with van der Waals surface area (Å²) in [5, 5.41) is 9.02. The molecular formula is C20H14N2O4. The van der Waals surface area contributed by atoms with E-state index in [0.717, 1.165) is 0 Å². The molecule has 0 N–H and O–H groups in total. The van der Waals surface area contributed by atoms with Crippen LogP contribution >= 0.6 is 0 Å². The lowest BCUT2D eigenvalue weighted by Crippen LogP contribution is -2.08. The molecule has 128 valence electrons. The second-order valence-electron chi connectivity index (χ2n) is 5.01. The number of hydrogen-bond acceptors (Lipinski definition) is 5. The molecule has 0 heterocycles. The molecule has 0 amide bonds. The SMILES string of the molecule is [C-]#[N+]c1ccc(OC(=O)c2ccc(/C=C(\C#N)C(=O)OCC)cc2)cc1. The first kappa shape index (κ1) is 18.4. The Morgan fingerprint density at radius 3 is 2.35 bits per heavy atom. The van der Waals surface area contributed by atoms with Gasteiger partial charge in [-0.3, -0.25) is 0 Å². The van der Waals surface area contributed by atoms with Crippen LogP contribution in [-0.4, -0.2) is 18.5 Å². The monoisotopic (exact) mass is 346 g/mol. The van der Waals surface area contributed by atoms with E-state index in [4.69, 9.17) is 21.3 Å². The van der Waals surface area contributed by atoms with Gasteiger partial charge in [-0.2, -0.15) is 5.26 Å². The number of carbonyl (C=O) groups excluding carboxylic acids is 2. The van der Waals surface area contributed by atoms with Crippen LogP contribution in [0.25, 0.3) is 10.9 Å². The summed E-state index contributed by atoms with van der Waals surface area (Å²) in [6.45, 7) is 8.72. The second kappa shape index (κ2) is 8.81. The summed E-state index contributed by atoms with van der Waals surface area (Å²) in [7, 11) is 0. The maximum absolute atomic E-state index is 12.1. The number of nitriles is 1. The van der Waals surface area contributed by atoms with E-state index in [9.17, 15) is 9.59 Å². The van der Waals surface area contributed by atoms with Crippen molar-refractivity contribution in [1.82, 2.24) is 0 Å². The summed E-state index contributed by atoms with van der Waals surface area (Å²) in [5.74, 6) is -0.913. The van der Waals surface area contributed by atoms with Gasteiger partial charge in [0.15, 0.2) is 5.69 Å². The summed E-state index contributed by atoms with van der Waals surface area (Å²) in [4.78, 5) is 27.0. The van der Waals surface area contributed by atoms with Crippen molar-refractivity contribution in [3.05, 3.63) is 76.6 Å². The highest BCUT2D eigenvalue weighted by Crippen LogP contribution is 2.19. The van der Waals surface area contributed by atoms with Gasteiger partial charge in [0.1, 0.15) is 17.4 Å². The van der Waals surface area contributed by atoms with Crippen molar-refractivity contribution in [2.75, 3.05) is 6.61 Å². The van der Waals surface area contributed by atoms with E-state index >= 15 is 0 Å². The summed E-state index contributed by atoms with van der Waals surface area (Å²) < 4.78 is 10.0. The number of esters is 2. The molecule has 0 fully saturated rings. The first-order valence-corrected chi connectivity index (χ1v) is 7.66. The summed E-state index contributed by atoms with van der Waals surface area (Å²) in [6, 6.07) is 14.2. The number of benzene rings is 2. The molecule has 0 saturated carbocycles. The number of nitrogens with zero attached hydrogens (tertiary/aromatic N) is 2. The topological polar surface area (TPSA) is 80.8 Å². The summed E-state index contributed by atoms with van der Waals surface area (Å²) in [6.07, 6.45) is 1.39. The Hall–Kier alpha value is -3.90. The molecule has 6 heteroatoms. The van der Waals surface area contributed by atoms with E-state index in [2.05, 4.69) is 4.85 Å². The minimum absolute atomic E-state index is 0.123. The van der Waals surface area contributed by atoms with Crippen molar-refractivity contribution < 1.29 is 19.1 Å². The number of ether oxygens (including phenoxy) is 2. The molecule has 0 atom stereocenters. The van der Waals surface area contributed by atoms with E-state index in [1.54, 1.807) is 49.4 Å². The fourth-order valence-corrected chi connectivity index (χ4v) is 1.98. The number of hydrogen-bond donors (Lipinski definition) is 0. The van der Waals surface area contributed by atoms with E-state index in [1.165, 1.54) is 18.2 Å². The molecule has 26 heavy (non-hydrogen) atoms. The lowest BCUT2D eigenvalue weighted by Gasteiger charge is -2.05. The van der Waals surface area contributed by atoms with Gasteiger partial charge in [0.2, 0.25) is 0 Å². The average molecular weight is 346 g/mol. The fraction of sp³-hybridized carbons (Fsp3) is 0.100. The first-order chi connectivity index (χ1) is 12.6. The molecule has 2 aromatic carbocycles. The van der Waals surface area contributed by atoms with E-state index in [1.807, 2.05) is 0 Å². The van der Waals surface area contributed by atoms with Crippen LogP contribution in [0, 0.1) is 17.9 Å². The zero-order chi connectivity index (χ0) is 18.9. The Morgan fingerprint density at radius 2 is 1.81 bits per heavy atom. The van der Waals surface area contributed by atoms with Crippen LogP contribution in [0.15, 0.2) is 54.1 Å². The molecule has 2 aromatic rings. The lowest BCUT2D eigenvalue weighted by molar-refractivity contribution is -0.137. The second-order valence-corrected chi connectivity index (χ2v) is 5.01. The zero-order valence-corrected chi connectivity index (χ0v) is 13.9. The molecule has 0 bridgehead atoms. The predicted molar refractivity (Wildman–Crippen MR) is 94.3 cm³/mol. The maximum atomic E-state index is 12.1. The molecule has 0 spiro atoms. The first-order valence-electron chi connectivity index (χ1n) is 7.66. The van der Waals surface area contributed by atoms with Crippen LogP contribution in [0.1, 0.15) is 22.8 Å². The predicted octanol–water partition coefficient (Wildman–Crippen LogP) is 3.93. The molecule has 0 aromatic heterocycles. The maximum Gasteiger partial charge on any atom is 0.348 e. The minimum Gasteiger partial charge on any atom is -0.462 e. The molecule has 6 nitrogen and oxygen atoms in total. The number of carbonyl (C=O) groups is 2. The average Bonchev–Trinajstić information content (AvgIpc) is 2.67. The molecular weight excluding hydrogens is 332 g/mol. The van der Waals surface area contributed by atoms with Crippen LogP contribution in [0.3, 0.4) is 0 Å². The Labute approximate surface area is 150 Å². The van der Waals surface area contributed by atoms with Gasteiger partial charge >= 0.3 is 11.9 Å². The van der Waals surface area contributed by atoms with Crippen molar-refractivity contribution >= 4 is 23.7 Å². The van der Waals surface area contributed by atoms with Crippen LogP contribution in [0.2, 0.25) is 0 Å². The number of rotatable bonds is 5. The third-order valence-electron chi connectivity index (χ3n) is 3.25. The van der Waals surface area contributed by atoms with Gasteiger partial charge in [-0.1, -0.05) is 24.3 Å². The van der Waals surface area contributed by atoms with Crippen molar-refractivity contribution in [3.8, 4) is 11.8 Å². The van der Waals surface area contributed by atoms with Crippen LogP contribution in [0.5, 0.6) is 5.75 Å². The van der Waals surface area contributed by atoms with Gasteiger partial charge in [0.05, 0.1) is 18.7 Å². The zero-order valence-electron chi connectivity index (χ0n) is 13.9. The van der Waals surface area contributed by atoms with Crippen molar-refractivity contribution in [3.63, 3.8) is 0 Å². The Bertz CT molecular complexity index is 914. The van der Waals surface area contributed by atoms with E-state index < -0.39 is 11.9 Å². The molecule has 2 rings (SSSR count). The molecule has 0 aliphatic carbocycles. The fourth-order valence-electron chi connectivity index (χ4n) is 1.98. The van der Waals surface area contributed by atoms with Gasteiger partial charge in [-0.05, 0) is 42.8 Å². The third-order valence-corrected chi connectivity index (χ3v) is 3.25. The van der Waals surface area contributed by atoms with E-state index in [-0.39, 0.29) is 12.2 Å². The Balaban J connectivity index is 2.10. The Morgan fingerprint density at radius 1 is 1.15 bits per heavy atom. The van der Waals surface area contributed by atoms with Crippen molar-refractivity contribution in [2.24, 2.45) is 0 Å². The van der Waals surface area contributed by atoms with Crippen molar-refractivity contribution in [1.29, 1.82) is 5.26 Å². The standard InChI is InChI=1S/C20H14N2O4/c1-3-25-19(23)16(13-21)12-14-4-6-15(7-5-14)20(24)26-18-10-8-17(22-2)9-11-18/h4-12H,3H2,1H3/b16-12+. The van der Waals surface area contributed by atoms with Crippen LogP contribution in [0.4, 0.5) is 5.69 Å². The van der Waals surface area contributed by atoms with Crippen LogP contribution in [-0.2, 0) is 9.53 Å². The van der Waals surface area contributed by atoms with Crippen molar-refractivity contribution in [2.45, 2.75) is 6.92 Å². The molecule has 0 radical (unpaired) electrons. The van der Waals surface area contributed by atoms with E-state index in [0.29, 0.717) is 22.6 Å². The highest BCUT2D eigenvalue weighted by Gasteiger charge is 2.11. The molecule has 0 aliphatic heterocycles. The van der Waals surface area contributed by atoms with Gasteiger partial charge < -0.3 is 9.47 Å². The molecule has 0 unspecified atom stereocenters. The summed E-state index contributed by atoms with van der Waals surface area (Å²) >= 11 is 0. The third kappa shape index (κ3) is 4.80. The van der Waals surface area contributed by atoms with Gasteiger partial charge in [-0.15, -0.1) is 0 Å². The summed E-state index contributed by atoms with van der Waals surface area (Å²) in [5.41, 5.74) is 1.22. The Kier molecular flexibility index (Phi) is 6.25. The highest BCUT2D eigenvalue weighted by atomic mass is 16.5. The lowest BCUT2D eigenvalue weighted by atomic mass is 10.1. The van der Waals surface area contributed by atoms with Gasteiger partial charge in [0, 0.05) is 0 Å². The molecule has 0 aliphatic rings. The minimum atomic E-state index is -0.693. The smallest absolute Gasteiger partial charge is 0.348 e. The normalized spacial score (nSPS) is 10.3. The van der Waals surface area contributed by atoms with Crippen LogP contribution < -0.4 is 4.74 Å². The van der Waals surface area contributed by atoms with Gasteiger partial charge in [0.25, 0.3) is 0 Å². The largest absolute Gasteiger partial charge is 0.462 e.